The number of hydrogen-bond donors (Lipinski definition) is 2. The second-order valence-corrected chi connectivity index (χ2v) is 3.91. The highest BCUT2D eigenvalue weighted by Crippen LogP contribution is 2.26. The van der Waals surface area contributed by atoms with Crippen molar-refractivity contribution in [3.05, 3.63) is 44.9 Å². The van der Waals surface area contributed by atoms with Crippen molar-refractivity contribution in [3.8, 4) is 11.3 Å². The maximum atomic E-state index is 11.1. The van der Waals surface area contributed by atoms with Gasteiger partial charge in [0.15, 0.2) is 0 Å². The normalized spacial score (nSPS) is 10.4. The Labute approximate surface area is 89.3 Å². The molecule has 0 amide bonds. The first-order valence-corrected chi connectivity index (χ1v) is 5.01. The minimum absolute atomic E-state index is 0.173. The molecule has 2 rings (SSSR count). The van der Waals surface area contributed by atoms with Gasteiger partial charge in [0.2, 0.25) is 0 Å². The SMILES string of the molecule is Cc1[nH]c(=O)[nH]c1-c1ccccc1Br. The lowest BCUT2D eigenvalue weighted by Crippen LogP contribution is -2.00. The topological polar surface area (TPSA) is 48.6 Å². The standard InChI is InChI=1S/C10H9BrN2O/c1-6-9(13-10(14)12-6)7-4-2-3-5-8(7)11/h2-5H,1H3,(H2,12,13,14). The van der Waals surface area contributed by atoms with Crippen LogP contribution >= 0.6 is 15.9 Å². The van der Waals surface area contributed by atoms with E-state index in [1.54, 1.807) is 0 Å². The van der Waals surface area contributed by atoms with Crippen LogP contribution in [0.3, 0.4) is 0 Å². The Balaban J connectivity index is 2.66. The number of H-pyrrole nitrogens is 2. The van der Waals surface area contributed by atoms with Crippen LogP contribution in [0.2, 0.25) is 0 Å². The van der Waals surface area contributed by atoms with E-state index in [1.165, 1.54) is 0 Å². The summed E-state index contributed by atoms with van der Waals surface area (Å²) in [6.45, 7) is 1.87. The Morgan fingerprint density at radius 2 is 1.93 bits per heavy atom. The largest absolute Gasteiger partial charge is 0.323 e. The van der Waals surface area contributed by atoms with Crippen LogP contribution in [0.5, 0.6) is 0 Å². The highest BCUT2D eigenvalue weighted by atomic mass is 79.9. The molecule has 0 saturated heterocycles. The summed E-state index contributed by atoms with van der Waals surface area (Å²) in [5, 5.41) is 0. The van der Waals surface area contributed by atoms with Crippen molar-refractivity contribution in [1.29, 1.82) is 0 Å². The van der Waals surface area contributed by atoms with Gasteiger partial charge in [-0.05, 0) is 13.0 Å². The van der Waals surface area contributed by atoms with E-state index in [1.807, 2.05) is 31.2 Å². The van der Waals surface area contributed by atoms with E-state index in [4.69, 9.17) is 0 Å². The second-order valence-electron chi connectivity index (χ2n) is 3.06. The first-order valence-electron chi connectivity index (χ1n) is 4.22. The third-order valence-corrected chi connectivity index (χ3v) is 2.75. The number of aromatic amines is 2. The quantitative estimate of drug-likeness (QED) is 0.805. The van der Waals surface area contributed by atoms with Crippen molar-refractivity contribution in [2.45, 2.75) is 6.92 Å². The molecular formula is C10H9BrN2O. The molecule has 0 aliphatic heterocycles. The van der Waals surface area contributed by atoms with E-state index < -0.39 is 0 Å². The Bertz CT molecular complexity index is 513. The number of aryl methyl sites for hydroxylation is 1. The molecule has 3 nitrogen and oxygen atoms in total. The summed E-state index contributed by atoms with van der Waals surface area (Å²) in [7, 11) is 0. The first-order chi connectivity index (χ1) is 6.68. The smallest absolute Gasteiger partial charge is 0.310 e. The summed E-state index contributed by atoms with van der Waals surface area (Å²) >= 11 is 3.44. The lowest BCUT2D eigenvalue weighted by molar-refractivity contribution is 1.16. The molecule has 1 heterocycles. The van der Waals surface area contributed by atoms with Crippen molar-refractivity contribution in [2.24, 2.45) is 0 Å². The van der Waals surface area contributed by atoms with Crippen LogP contribution in [0.4, 0.5) is 0 Å². The minimum atomic E-state index is -0.173. The van der Waals surface area contributed by atoms with Crippen LogP contribution < -0.4 is 5.69 Å². The number of halogens is 1. The van der Waals surface area contributed by atoms with E-state index in [0.29, 0.717) is 0 Å². The third kappa shape index (κ3) is 1.53. The van der Waals surface area contributed by atoms with Gasteiger partial charge < -0.3 is 9.97 Å². The van der Waals surface area contributed by atoms with Gasteiger partial charge in [-0.2, -0.15) is 0 Å². The van der Waals surface area contributed by atoms with Crippen LogP contribution in [0.25, 0.3) is 11.3 Å². The fourth-order valence-corrected chi connectivity index (χ4v) is 1.89. The van der Waals surface area contributed by atoms with Crippen molar-refractivity contribution in [2.75, 3.05) is 0 Å². The van der Waals surface area contributed by atoms with Crippen molar-refractivity contribution in [3.63, 3.8) is 0 Å². The zero-order valence-electron chi connectivity index (χ0n) is 7.60. The van der Waals surface area contributed by atoms with Crippen molar-refractivity contribution in [1.82, 2.24) is 9.97 Å². The molecule has 0 aliphatic rings. The predicted molar refractivity (Wildman–Crippen MR) is 59.3 cm³/mol. The van der Waals surface area contributed by atoms with Gasteiger partial charge in [0, 0.05) is 15.7 Å². The molecule has 1 aromatic heterocycles. The highest BCUT2D eigenvalue weighted by molar-refractivity contribution is 9.10. The van der Waals surface area contributed by atoms with Crippen LogP contribution in [-0.4, -0.2) is 9.97 Å². The van der Waals surface area contributed by atoms with Crippen LogP contribution in [0.1, 0.15) is 5.69 Å². The molecule has 0 bridgehead atoms. The Morgan fingerprint density at radius 3 is 2.50 bits per heavy atom. The predicted octanol–water partition coefficient (Wildman–Crippen LogP) is 2.44. The lowest BCUT2D eigenvalue weighted by atomic mass is 10.1. The van der Waals surface area contributed by atoms with Gasteiger partial charge in [0.25, 0.3) is 0 Å². The molecule has 0 radical (unpaired) electrons. The van der Waals surface area contributed by atoms with E-state index >= 15 is 0 Å². The molecule has 0 aliphatic carbocycles. The zero-order chi connectivity index (χ0) is 10.1. The summed E-state index contributed by atoms with van der Waals surface area (Å²) < 4.78 is 0.971. The van der Waals surface area contributed by atoms with E-state index in [-0.39, 0.29) is 5.69 Å². The monoisotopic (exact) mass is 252 g/mol. The molecule has 0 unspecified atom stereocenters. The van der Waals surface area contributed by atoms with Gasteiger partial charge in [-0.3, -0.25) is 0 Å². The first kappa shape index (κ1) is 9.27. The number of aromatic nitrogens is 2. The molecular weight excluding hydrogens is 244 g/mol. The molecule has 72 valence electrons. The molecule has 0 atom stereocenters. The fourth-order valence-electron chi connectivity index (χ4n) is 1.40. The van der Waals surface area contributed by atoms with Crippen molar-refractivity contribution < 1.29 is 0 Å². The minimum Gasteiger partial charge on any atom is -0.310 e. The number of hydrogen-bond acceptors (Lipinski definition) is 1. The Morgan fingerprint density at radius 1 is 1.21 bits per heavy atom. The zero-order valence-corrected chi connectivity index (χ0v) is 9.18. The lowest BCUT2D eigenvalue weighted by Gasteiger charge is -2.01. The maximum Gasteiger partial charge on any atom is 0.323 e. The van der Waals surface area contributed by atoms with Crippen LogP contribution in [0, 0.1) is 6.92 Å². The molecule has 2 aromatic rings. The molecule has 0 spiro atoms. The number of imidazole rings is 1. The number of benzene rings is 1. The highest BCUT2D eigenvalue weighted by Gasteiger charge is 2.07. The average Bonchev–Trinajstić information content (AvgIpc) is 2.46. The van der Waals surface area contributed by atoms with Gasteiger partial charge in [0.05, 0.1) is 5.69 Å². The van der Waals surface area contributed by atoms with Gasteiger partial charge in [0.1, 0.15) is 0 Å². The molecule has 4 heteroatoms. The van der Waals surface area contributed by atoms with Crippen molar-refractivity contribution >= 4 is 15.9 Å². The Kier molecular flexibility index (Phi) is 2.29. The molecule has 0 saturated carbocycles. The summed E-state index contributed by atoms with van der Waals surface area (Å²) in [5.74, 6) is 0. The Hall–Kier alpha value is -1.29. The number of rotatable bonds is 1. The maximum absolute atomic E-state index is 11.1. The third-order valence-electron chi connectivity index (χ3n) is 2.06. The molecule has 0 fully saturated rings. The summed E-state index contributed by atoms with van der Waals surface area (Å²) in [6.07, 6.45) is 0. The van der Waals surface area contributed by atoms with Crippen LogP contribution in [-0.2, 0) is 0 Å². The second kappa shape index (κ2) is 3.46. The van der Waals surface area contributed by atoms with E-state index in [0.717, 1.165) is 21.4 Å². The van der Waals surface area contributed by atoms with E-state index in [9.17, 15) is 4.79 Å². The van der Waals surface area contributed by atoms with Gasteiger partial charge in [-0.15, -0.1) is 0 Å². The summed E-state index contributed by atoms with van der Waals surface area (Å²) in [6, 6.07) is 7.77. The molecule has 1 aromatic carbocycles. The summed E-state index contributed by atoms with van der Waals surface area (Å²) in [5.41, 5.74) is 2.50. The van der Waals surface area contributed by atoms with E-state index in [2.05, 4.69) is 25.9 Å². The molecule has 14 heavy (non-hydrogen) atoms. The average molecular weight is 253 g/mol. The fraction of sp³-hybridized carbons (Fsp3) is 0.100. The van der Waals surface area contributed by atoms with Gasteiger partial charge >= 0.3 is 5.69 Å². The number of nitrogens with one attached hydrogen (secondary N) is 2. The van der Waals surface area contributed by atoms with Gasteiger partial charge in [-0.25, -0.2) is 4.79 Å². The summed E-state index contributed by atoms with van der Waals surface area (Å²) in [4.78, 5) is 16.5. The molecule has 2 N–H and O–H groups in total. The van der Waals surface area contributed by atoms with Gasteiger partial charge in [-0.1, -0.05) is 34.1 Å². The van der Waals surface area contributed by atoms with Crippen LogP contribution in [0.15, 0.2) is 33.5 Å².